The maximum absolute atomic E-state index is 12.9. The molecule has 0 radical (unpaired) electrons. The van der Waals surface area contributed by atoms with E-state index < -0.39 is 0 Å². The van der Waals surface area contributed by atoms with E-state index in [4.69, 9.17) is 16.2 Å². The van der Waals surface area contributed by atoms with E-state index in [2.05, 4.69) is 90.2 Å². The molecule has 0 aliphatic carbocycles. The number of anilines is 3. The maximum atomic E-state index is 12.9. The van der Waals surface area contributed by atoms with Crippen molar-refractivity contribution < 1.29 is 9.53 Å². The molecule has 0 aromatic heterocycles. The molecule has 1 aliphatic rings. The third kappa shape index (κ3) is 3.92. The summed E-state index contributed by atoms with van der Waals surface area (Å²) in [6.07, 6.45) is 0. The minimum atomic E-state index is -0.263. The van der Waals surface area contributed by atoms with Crippen LogP contribution < -0.4 is 21.5 Å². The van der Waals surface area contributed by atoms with Crippen molar-refractivity contribution in [3.63, 3.8) is 0 Å². The first-order chi connectivity index (χ1) is 19.0. The summed E-state index contributed by atoms with van der Waals surface area (Å²) < 4.78 is 6.51. The van der Waals surface area contributed by atoms with Crippen molar-refractivity contribution in [3.8, 4) is 11.5 Å². The first-order valence-corrected chi connectivity index (χ1v) is 12.8. The number of nitrogens with one attached hydrogen (secondary N) is 1. The molecule has 7 rings (SSSR count). The van der Waals surface area contributed by atoms with Crippen LogP contribution in [0.15, 0.2) is 115 Å². The van der Waals surface area contributed by atoms with Gasteiger partial charge in [0.2, 0.25) is 0 Å². The van der Waals surface area contributed by atoms with E-state index in [1.54, 1.807) is 18.2 Å². The summed E-state index contributed by atoms with van der Waals surface area (Å²) in [4.78, 5) is 12.9. The smallest absolute Gasteiger partial charge is 0.255 e. The topological polar surface area (TPSA) is 90.4 Å². The number of hydrogen-bond acceptors (Lipinski definition) is 4. The highest BCUT2D eigenvalue weighted by Crippen LogP contribution is 2.52. The van der Waals surface area contributed by atoms with Gasteiger partial charge in [0.15, 0.2) is 0 Å². The van der Waals surface area contributed by atoms with Gasteiger partial charge in [0.1, 0.15) is 11.5 Å². The zero-order chi connectivity index (χ0) is 26.5. The molecule has 1 amide bonds. The number of carbonyl (C=O) groups is 1. The van der Waals surface area contributed by atoms with Crippen molar-refractivity contribution in [1.29, 1.82) is 0 Å². The third-order valence-electron chi connectivity index (χ3n) is 7.40. The molecule has 5 nitrogen and oxygen atoms in total. The van der Waals surface area contributed by atoms with Crippen LogP contribution in [0.1, 0.15) is 33.0 Å². The lowest BCUT2D eigenvalue weighted by molar-refractivity contribution is 0.102. The highest BCUT2D eigenvalue weighted by atomic mass is 16.5. The number of nitrogens with two attached hydrogens (primary N) is 2. The van der Waals surface area contributed by atoms with Crippen molar-refractivity contribution in [2.45, 2.75) is 5.92 Å². The molecule has 39 heavy (non-hydrogen) atoms. The van der Waals surface area contributed by atoms with E-state index in [1.165, 1.54) is 10.8 Å². The van der Waals surface area contributed by atoms with Crippen LogP contribution in [0.2, 0.25) is 0 Å². The van der Waals surface area contributed by atoms with Crippen LogP contribution in [-0.2, 0) is 0 Å². The minimum absolute atomic E-state index is 0.0561. The second kappa shape index (κ2) is 8.92. The number of rotatable bonds is 3. The number of fused-ring (bicyclic) bond motifs is 6. The quantitative estimate of drug-likeness (QED) is 0.214. The summed E-state index contributed by atoms with van der Waals surface area (Å²) >= 11 is 0. The van der Waals surface area contributed by atoms with Crippen molar-refractivity contribution in [2.75, 3.05) is 16.8 Å². The molecule has 6 aromatic carbocycles. The van der Waals surface area contributed by atoms with Crippen molar-refractivity contribution in [2.24, 2.45) is 0 Å². The van der Waals surface area contributed by atoms with E-state index in [9.17, 15) is 4.79 Å². The third-order valence-corrected chi connectivity index (χ3v) is 7.40. The molecule has 6 aromatic rings. The molecule has 5 N–H and O–H groups in total. The average molecular weight is 508 g/mol. The molecule has 0 saturated heterocycles. The number of benzene rings is 6. The number of hydrogen-bond donors (Lipinski definition) is 3. The molecule has 0 saturated carbocycles. The van der Waals surface area contributed by atoms with E-state index in [0.29, 0.717) is 22.6 Å². The molecule has 0 fully saturated rings. The first kappa shape index (κ1) is 22.9. The Labute approximate surface area is 225 Å². The van der Waals surface area contributed by atoms with Gasteiger partial charge in [0.25, 0.3) is 5.91 Å². The normalized spacial score (nSPS) is 12.5. The monoisotopic (exact) mass is 507 g/mol. The summed E-state index contributed by atoms with van der Waals surface area (Å²) in [6, 6.07) is 38.1. The Morgan fingerprint density at radius 1 is 0.641 bits per heavy atom. The largest absolute Gasteiger partial charge is 0.457 e. The van der Waals surface area contributed by atoms with Crippen LogP contribution in [-0.4, -0.2) is 5.91 Å². The predicted molar refractivity (Wildman–Crippen MR) is 159 cm³/mol. The van der Waals surface area contributed by atoms with Crippen LogP contribution in [0.25, 0.3) is 21.5 Å². The van der Waals surface area contributed by atoms with Crippen LogP contribution in [0.3, 0.4) is 0 Å². The van der Waals surface area contributed by atoms with E-state index in [0.717, 1.165) is 39.0 Å². The lowest BCUT2D eigenvalue weighted by atomic mass is 9.78. The molecule has 1 heterocycles. The Morgan fingerprint density at radius 2 is 1.18 bits per heavy atom. The number of nitrogen functional groups attached to an aromatic ring is 2. The molecule has 188 valence electrons. The molecule has 0 atom stereocenters. The molecule has 5 heteroatoms. The van der Waals surface area contributed by atoms with Crippen LogP contribution in [0, 0.1) is 0 Å². The van der Waals surface area contributed by atoms with E-state index >= 15 is 0 Å². The molecule has 0 bridgehead atoms. The first-order valence-electron chi connectivity index (χ1n) is 12.8. The zero-order valence-electron chi connectivity index (χ0n) is 21.0. The van der Waals surface area contributed by atoms with Gasteiger partial charge in [-0.1, -0.05) is 72.8 Å². The van der Waals surface area contributed by atoms with Gasteiger partial charge in [-0.15, -0.1) is 0 Å². The highest BCUT2D eigenvalue weighted by molar-refractivity contribution is 6.05. The van der Waals surface area contributed by atoms with Crippen LogP contribution in [0.4, 0.5) is 17.1 Å². The molecular weight excluding hydrogens is 482 g/mol. The van der Waals surface area contributed by atoms with Gasteiger partial charge in [-0.05, 0) is 69.6 Å². The van der Waals surface area contributed by atoms with Gasteiger partial charge in [0, 0.05) is 39.7 Å². The number of ether oxygens (including phenoxy) is 1. The zero-order valence-corrected chi connectivity index (χ0v) is 21.0. The predicted octanol–water partition coefficient (Wildman–Crippen LogP) is 7.70. The van der Waals surface area contributed by atoms with Crippen molar-refractivity contribution >= 4 is 44.5 Å². The minimum Gasteiger partial charge on any atom is -0.457 e. The van der Waals surface area contributed by atoms with Gasteiger partial charge in [-0.25, -0.2) is 0 Å². The fourth-order valence-electron chi connectivity index (χ4n) is 5.69. The summed E-state index contributed by atoms with van der Waals surface area (Å²) in [5.74, 6) is 1.40. The summed E-state index contributed by atoms with van der Waals surface area (Å²) in [5.41, 5.74) is 17.2. The van der Waals surface area contributed by atoms with Gasteiger partial charge in [-0.2, -0.15) is 0 Å². The van der Waals surface area contributed by atoms with Crippen molar-refractivity contribution in [3.05, 3.63) is 138 Å². The van der Waals surface area contributed by atoms with Crippen molar-refractivity contribution in [1.82, 2.24) is 0 Å². The van der Waals surface area contributed by atoms with Crippen LogP contribution in [0.5, 0.6) is 11.5 Å². The Morgan fingerprint density at radius 3 is 1.74 bits per heavy atom. The van der Waals surface area contributed by atoms with Gasteiger partial charge in [-0.3, -0.25) is 4.79 Å². The lowest BCUT2D eigenvalue weighted by Crippen LogP contribution is -2.14. The second-order valence-electron chi connectivity index (χ2n) is 9.90. The Bertz CT molecular complexity index is 1810. The Kier molecular flexibility index (Phi) is 5.23. The average Bonchev–Trinajstić information content (AvgIpc) is 2.95. The fraction of sp³-hybridized carbons (Fsp3) is 0.0294. The van der Waals surface area contributed by atoms with E-state index in [-0.39, 0.29) is 11.8 Å². The van der Waals surface area contributed by atoms with Gasteiger partial charge < -0.3 is 21.5 Å². The Balaban J connectivity index is 1.35. The van der Waals surface area contributed by atoms with E-state index in [1.807, 2.05) is 12.1 Å². The van der Waals surface area contributed by atoms with Gasteiger partial charge >= 0.3 is 0 Å². The van der Waals surface area contributed by atoms with Gasteiger partial charge in [0.05, 0.1) is 0 Å². The maximum Gasteiger partial charge on any atom is 0.255 e. The standard InChI is InChI=1S/C34H25N3O2/c35-24-17-23(18-25(36)19-24)34(38)37-26-13-9-22(10-14-26)31-32-27-7-3-1-5-20(27)11-15-29(32)39-30-16-12-21-6-2-4-8-28(21)33(30)31/h1-19,31H,35-36H2,(H,37,38). The second-order valence-corrected chi connectivity index (χ2v) is 9.90. The molecule has 1 aliphatic heterocycles. The molecule has 0 spiro atoms. The summed E-state index contributed by atoms with van der Waals surface area (Å²) in [7, 11) is 0. The number of carbonyl (C=O) groups excluding carboxylic acids is 1. The molecular formula is C34H25N3O2. The van der Waals surface area contributed by atoms with Crippen LogP contribution >= 0.6 is 0 Å². The Hall–Kier alpha value is -5.29. The highest BCUT2D eigenvalue weighted by Gasteiger charge is 2.32. The summed E-state index contributed by atoms with van der Waals surface area (Å²) in [5, 5.41) is 7.62. The SMILES string of the molecule is Nc1cc(N)cc(C(=O)Nc2ccc(C3c4c(ccc5ccccc45)Oc4ccc5ccccc5c43)cc2)c1. The summed E-state index contributed by atoms with van der Waals surface area (Å²) in [6.45, 7) is 0. The lowest BCUT2D eigenvalue weighted by Gasteiger charge is -2.31. The number of amides is 1. The molecule has 0 unspecified atom stereocenters. The fourth-order valence-corrected chi connectivity index (χ4v) is 5.69.